The summed E-state index contributed by atoms with van der Waals surface area (Å²) in [6.45, 7) is 10.5. The van der Waals surface area contributed by atoms with Crippen LogP contribution < -0.4 is 0 Å². The summed E-state index contributed by atoms with van der Waals surface area (Å²) in [5.74, 6) is 1.03. The van der Waals surface area contributed by atoms with Gasteiger partial charge in [-0.1, -0.05) is 27.2 Å². The fourth-order valence-corrected chi connectivity index (χ4v) is 1.73. The number of unbranched alkanes of at least 4 members (excludes halogenated alkanes) is 2. The number of nitrogens with zero attached hydrogens (tertiary/aromatic N) is 1. The second kappa shape index (κ2) is 6.73. The first-order valence-electron chi connectivity index (χ1n) is 5.70. The zero-order valence-corrected chi connectivity index (χ0v) is 11.4. The molecular weight excluding hydrogens is 190 g/mol. The van der Waals surface area contributed by atoms with Gasteiger partial charge < -0.3 is 4.90 Å². The van der Waals surface area contributed by atoms with Crippen LogP contribution in [0.2, 0.25) is 0 Å². The van der Waals surface area contributed by atoms with E-state index >= 15 is 0 Å². The van der Waals surface area contributed by atoms with Crippen molar-refractivity contribution in [3.8, 4) is 0 Å². The largest absolute Gasteiger partial charge is 0.303 e. The molecule has 0 aromatic rings. The Hall–Kier alpha value is 0.310. The minimum absolute atomic E-state index is 0.387. The molecule has 0 aliphatic rings. The van der Waals surface area contributed by atoms with Gasteiger partial charge in [0.15, 0.2) is 0 Å². The Morgan fingerprint density at radius 3 is 2.14 bits per heavy atom. The molecule has 14 heavy (non-hydrogen) atoms. The first kappa shape index (κ1) is 14.3. The van der Waals surface area contributed by atoms with E-state index in [2.05, 4.69) is 52.3 Å². The molecule has 0 spiro atoms. The molecule has 0 aromatic carbocycles. The molecule has 0 bridgehead atoms. The first-order chi connectivity index (χ1) is 6.39. The number of hydrogen-bond acceptors (Lipinski definition) is 2. The zero-order chi connectivity index (χ0) is 11.2. The lowest BCUT2D eigenvalue weighted by Crippen LogP contribution is -2.39. The van der Waals surface area contributed by atoms with Crippen LogP contribution in [-0.4, -0.2) is 30.3 Å². The highest BCUT2D eigenvalue weighted by molar-refractivity contribution is 7.80. The second-order valence-corrected chi connectivity index (χ2v) is 5.75. The van der Waals surface area contributed by atoms with Crippen LogP contribution in [0, 0.1) is 5.41 Å². The standard InChI is InChI=1S/C12H27NS/c1-11(12(2,3)4)13(5)9-7-6-8-10-14/h11,14H,6-10H2,1-5H3. The highest BCUT2D eigenvalue weighted by Gasteiger charge is 2.23. The van der Waals surface area contributed by atoms with E-state index in [1.807, 2.05) is 0 Å². The molecule has 0 saturated carbocycles. The van der Waals surface area contributed by atoms with E-state index in [0.717, 1.165) is 5.75 Å². The fraction of sp³-hybridized carbons (Fsp3) is 1.00. The SMILES string of the molecule is CC(N(C)CCCCCS)C(C)(C)C. The first-order valence-corrected chi connectivity index (χ1v) is 6.34. The monoisotopic (exact) mass is 217 g/mol. The zero-order valence-electron chi connectivity index (χ0n) is 10.5. The van der Waals surface area contributed by atoms with Gasteiger partial charge in [-0.05, 0) is 44.5 Å². The minimum atomic E-state index is 0.387. The average molecular weight is 217 g/mol. The molecule has 0 aliphatic heterocycles. The van der Waals surface area contributed by atoms with Crippen LogP contribution in [0.15, 0.2) is 0 Å². The molecule has 0 heterocycles. The highest BCUT2D eigenvalue weighted by Crippen LogP contribution is 2.23. The molecule has 1 unspecified atom stereocenters. The molecule has 1 nitrogen and oxygen atoms in total. The van der Waals surface area contributed by atoms with E-state index < -0.39 is 0 Å². The fourth-order valence-electron chi connectivity index (χ4n) is 1.50. The van der Waals surface area contributed by atoms with Crippen molar-refractivity contribution in [2.24, 2.45) is 5.41 Å². The lowest BCUT2D eigenvalue weighted by atomic mass is 9.87. The van der Waals surface area contributed by atoms with Crippen molar-refractivity contribution in [1.82, 2.24) is 4.90 Å². The smallest absolute Gasteiger partial charge is 0.0112 e. The third-order valence-corrected chi connectivity index (χ3v) is 3.40. The van der Waals surface area contributed by atoms with E-state index in [-0.39, 0.29) is 0 Å². The van der Waals surface area contributed by atoms with Gasteiger partial charge in [0, 0.05) is 6.04 Å². The summed E-state index contributed by atoms with van der Waals surface area (Å²) in [7, 11) is 2.23. The van der Waals surface area contributed by atoms with Gasteiger partial charge in [-0.25, -0.2) is 0 Å². The van der Waals surface area contributed by atoms with E-state index in [4.69, 9.17) is 0 Å². The van der Waals surface area contributed by atoms with Gasteiger partial charge in [0.25, 0.3) is 0 Å². The third kappa shape index (κ3) is 5.92. The molecule has 0 radical (unpaired) electrons. The Kier molecular flexibility index (Phi) is 6.88. The Morgan fingerprint density at radius 1 is 1.14 bits per heavy atom. The van der Waals surface area contributed by atoms with Crippen molar-refractivity contribution in [3.05, 3.63) is 0 Å². The van der Waals surface area contributed by atoms with Crippen molar-refractivity contribution < 1.29 is 0 Å². The van der Waals surface area contributed by atoms with Gasteiger partial charge in [0.05, 0.1) is 0 Å². The molecule has 2 heteroatoms. The number of thiol groups is 1. The molecule has 0 aliphatic carbocycles. The molecule has 1 atom stereocenters. The molecular formula is C12H27NS. The van der Waals surface area contributed by atoms with Crippen molar-refractivity contribution >= 4 is 12.6 Å². The van der Waals surface area contributed by atoms with Crippen molar-refractivity contribution in [1.29, 1.82) is 0 Å². The van der Waals surface area contributed by atoms with E-state index in [1.165, 1.54) is 25.8 Å². The van der Waals surface area contributed by atoms with Crippen LogP contribution >= 0.6 is 12.6 Å². The van der Waals surface area contributed by atoms with Crippen molar-refractivity contribution in [2.45, 2.75) is 53.0 Å². The molecule has 0 saturated heterocycles. The minimum Gasteiger partial charge on any atom is -0.303 e. The summed E-state index contributed by atoms with van der Waals surface area (Å²) in [6.07, 6.45) is 3.86. The van der Waals surface area contributed by atoms with Crippen LogP contribution in [0.25, 0.3) is 0 Å². The maximum Gasteiger partial charge on any atom is 0.0112 e. The van der Waals surface area contributed by atoms with Gasteiger partial charge >= 0.3 is 0 Å². The second-order valence-electron chi connectivity index (χ2n) is 5.31. The predicted octanol–water partition coefficient (Wildman–Crippen LogP) is 3.45. The van der Waals surface area contributed by atoms with Crippen LogP contribution in [0.3, 0.4) is 0 Å². The Balaban J connectivity index is 3.68. The molecule has 0 N–H and O–H groups in total. The summed E-state index contributed by atoms with van der Waals surface area (Å²) in [5.41, 5.74) is 0.387. The van der Waals surface area contributed by atoms with Gasteiger partial charge in [-0.15, -0.1) is 0 Å². The van der Waals surface area contributed by atoms with E-state index in [0.29, 0.717) is 11.5 Å². The Bertz CT molecular complexity index is 140. The normalized spacial score (nSPS) is 14.8. The molecule has 0 fully saturated rings. The van der Waals surface area contributed by atoms with Crippen LogP contribution in [0.4, 0.5) is 0 Å². The lowest BCUT2D eigenvalue weighted by Gasteiger charge is -2.35. The molecule has 0 amide bonds. The summed E-state index contributed by atoms with van der Waals surface area (Å²) >= 11 is 4.22. The molecule has 0 rings (SSSR count). The van der Waals surface area contributed by atoms with Crippen molar-refractivity contribution in [3.63, 3.8) is 0 Å². The number of rotatable bonds is 6. The lowest BCUT2D eigenvalue weighted by molar-refractivity contribution is 0.139. The highest BCUT2D eigenvalue weighted by atomic mass is 32.1. The van der Waals surface area contributed by atoms with Crippen LogP contribution in [0.5, 0.6) is 0 Å². The molecule has 86 valence electrons. The molecule has 0 aromatic heterocycles. The Labute approximate surface area is 95.7 Å². The predicted molar refractivity (Wildman–Crippen MR) is 69.3 cm³/mol. The van der Waals surface area contributed by atoms with Crippen LogP contribution in [0.1, 0.15) is 47.0 Å². The average Bonchev–Trinajstić information content (AvgIpc) is 2.09. The maximum atomic E-state index is 4.22. The quantitative estimate of drug-likeness (QED) is 0.527. The van der Waals surface area contributed by atoms with Crippen LogP contribution in [-0.2, 0) is 0 Å². The summed E-state index contributed by atoms with van der Waals surface area (Å²) in [5, 5.41) is 0. The third-order valence-electron chi connectivity index (χ3n) is 3.08. The van der Waals surface area contributed by atoms with E-state index in [1.54, 1.807) is 0 Å². The van der Waals surface area contributed by atoms with Gasteiger partial charge in [0.2, 0.25) is 0 Å². The van der Waals surface area contributed by atoms with Gasteiger partial charge in [0.1, 0.15) is 0 Å². The van der Waals surface area contributed by atoms with Gasteiger partial charge in [-0.3, -0.25) is 0 Å². The van der Waals surface area contributed by atoms with Crippen molar-refractivity contribution in [2.75, 3.05) is 19.3 Å². The summed E-state index contributed by atoms with van der Waals surface area (Å²) in [6, 6.07) is 0.651. The summed E-state index contributed by atoms with van der Waals surface area (Å²) in [4.78, 5) is 2.47. The van der Waals surface area contributed by atoms with E-state index in [9.17, 15) is 0 Å². The van der Waals surface area contributed by atoms with Gasteiger partial charge in [-0.2, -0.15) is 12.6 Å². The number of hydrogen-bond donors (Lipinski definition) is 1. The maximum absolute atomic E-state index is 4.22. The summed E-state index contributed by atoms with van der Waals surface area (Å²) < 4.78 is 0. The topological polar surface area (TPSA) is 3.24 Å². The Morgan fingerprint density at radius 2 is 1.71 bits per heavy atom.